The molecule has 8 nitrogen and oxygen atoms in total. The van der Waals surface area contributed by atoms with Crippen molar-refractivity contribution >= 4 is 27.8 Å². The Morgan fingerprint density at radius 3 is 2.50 bits per heavy atom. The minimum atomic E-state index is -3.70. The molecule has 0 radical (unpaired) electrons. The van der Waals surface area contributed by atoms with Crippen molar-refractivity contribution < 1.29 is 13.3 Å². The highest BCUT2D eigenvalue weighted by atomic mass is 32.2. The van der Waals surface area contributed by atoms with Gasteiger partial charge in [-0.2, -0.15) is 13.5 Å². The Kier molecular flexibility index (Phi) is 3.86. The molecule has 0 aromatic heterocycles. The van der Waals surface area contributed by atoms with Gasteiger partial charge in [-0.1, -0.05) is 12.1 Å². The summed E-state index contributed by atoms with van der Waals surface area (Å²) in [5, 5.41) is 16.1. The van der Waals surface area contributed by atoms with E-state index < -0.39 is 14.9 Å². The van der Waals surface area contributed by atoms with Crippen LogP contribution in [0.25, 0.3) is 0 Å². The number of hydrogen-bond acceptors (Lipinski definition) is 6. The van der Waals surface area contributed by atoms with Crippen LogP contribution in [0.5, 0.6) is 0 Å². The summed E-state index contributed by atoms with van der Waals surface area (Å²) in [4.78, 5) is 10.3. The number of nitrogens with zero attached hydrogens (tertiary/aromatic N) is 4. The van der Waals surface area contributed by atoms with Crippen molar-refractivity contribution in [2.75, 3.05) is 7.05 Å². The molecule has 1 heterocycles. The van der Waals surface area contributed by atoms with Crippen molar-refractivity contribution in [3.05, 3.63) is 69.8 Å². The van der Waals surface area contributed by atoms with Crippen molar-refractivity contribution in [3.8, 4) is 0 Å². The lowest BCUT2D eigenvalue weighted by molar-refractivity contribution is -0.384. The first-order valence-corrected chi connectivity index (χ1v) is 8.29. The lowest BCUT2D eigenvalue weighted by Crippen LogP contribution is -2.21. The Bertz CT molecular complexity index is 965. The lowest BCUT2D eigenvalue weighted by atomic mass is 10.2. The Morgan fingerprint density at radius 2 is 1.83 bits per heavy atom. The van der Waals surface area contributed by atoms with Crippen molar-refractivity contribution in [1.29, 1.82) is 0 Å². The van der Waals surface area contributed by atoms with Crippen LogP contribution < -0.4 is 0 Å². The summed E-state index contributed by atoms with van der Waals surface area (Å²) in [6, 6.07) is 12.4. The molecular weight excluding hydrogens is 332 g/mol. The zero-order chi connectivity index (χ0) is 17.3. The second-order valence-electron chi connectivity index (χ2n) is 5.00. The van der Waals surface area contributed by atoms with Crippen molar-refractivity contribution in [2.24, 2.45) is 9.50 Å². The van der Waals surface area contributed by atoms with Crippen molar-refractivity contribution in [3.63, 3.8) is 0 Å². The van der Waals surface area contributed by atoms with E-state index in [2.05, 4.69) is 9.50 Å². The van der Waals surface area contributed by atoms with E-state index in [1.807, 2.05) is 0 Å². The number of nitro groups is 1. The average Bonchev–Trinajstić information content (AvgIpc) is 2.85. The predicted octanol–water partition coefficient (Wildman–Crippen LogP) is 2.01. The molecule has 122 valence electrons. The van der Waals surface area contributed by atoms with Gasteiger partial charge >= 0.3 is 0 Å². The van der Waals surface area contributed by atoms with Gasteiger partial charge in [0.25, 0.3) is 15.7 Å². The number of amidine groups is 1. The summed E-state index contributed by atoms with van der Waals surface area (Å²) in [5.74, 6) is 0.226. The van der Waals surface area contributed by atoms with Gasteiger partial charge in [0.1, 0.15) is 4.90 Å². The topological polar surface area (TPSA) is 105 Å². The minimum absolute atomic E-state index is 0.0132. The summed E-state index contributed by atoms with van der Waals surface area (Å²) >= 11 is 0. The quantitative estimate of drug-likeness (QED) is 0.481. The lowest BCUT2D eigenvalue weighted by Gasteiger charge is -2.12. The third kappa shape index (κ3) is 2.88. The fraction of sp³-hybridized carbons (Fsp3) is 0.0667. The zero-order valence-corrected chi connectivity index (χ0v) is 13.3. The van der Waals surface area contributed by atoms with Crippen LogP contribution in [0, 0.1) is 10.1 Å². The molecule has 1 aliphatic heterocycles. The molecule has 0 atom stereocenters. The highest BCUT2D eigenvalue weighted by Gasteiger charge is 2.30. The normalized spacial score (nSPS) is 15.1. The summed E-state index contributed by atoms with van der Waals surface area (Å²) in [6.45, 7) is 0. The smallest absolute Gasteiger partial charge is 0.258 e. The molecule has 0 fully saturated rings. The molecule has 0 N–H and O–H groups in total. The second-order valence-corrected chi connectivity index (χ2v) is 6.58. The first kappa shape index (κ1) is 15.8. The number of rotatable bonds is 3. The summed E-state index contributed by atoms with van der Waals surface area (Å²) in [6.07, 6.45) is 1.47. The van der Waals surface area contributed by atoms with Crippen LogP contribution in [-0.4, -0.2) is 37.4 Å². The third-order valence-electron chi connectivity index (χ3n) is 3.40. The average molecular weight is 344 g/mol. The Labute approximate surface area is 138 Å². The number of hydrazone groups is 1. The molecule has 9 heteroatoms. The second kappa shape index (κ2) is 5.85. The van der Waals surface area contributed by atoms with Gasteiger partial charge in [0.2, 0.25) is 0 Å². The Morgan fingerprint density at radius 1 is 1.17 bits per heavy atom. The van der Waals surface area contributed by atoms with Crippen LogP contribution >= 0.6 is 0 Å². The molecule has 0 aliphatic carbocycles. The monoisotopic (exact) mass is 344 g/mol. The van der Waals surface area contributed by atoms with Crippen LogP contribution in [0.15, 0.2) is 62.9 Å². The first-order valence-electron chi connectivity index (χ1n) is 6.85. The molecular formula is C15H12N4O4S. The van der Waals surface area contributed by atoms with Gasteiger partial charge in [-0.25, -0.2) is 5.01 Å². The minimum Gasteiger partial charge on any atom is -0.258 e. The number of sulfonamides is 1. The Hall–Kier alpha value is -3.07. The van der Waals surface area contributed by atoms with E-state index in [4.69, 9.17) is 0 Å². The highest BCUT2D eigenvalue weighted by molar-refractivity contribution is 7.90. The van der Waals surface area contributed by atoms with Gasteiger partial charge in [0, 0.05) is 24.7 Å². The van der Waals surface area contributed by atoms with Gasteiger partial charge in [0.05, 0.1) is 11.1 Å². The van der Waals surface area contributed by atoms with E-state index in [-0.39, 0.29) is 16.4 Å². The molecule has 3 rings (SSSR count). The molecule has 0 saturated carbocycles. The van der Waals surface area contributed by atoms with Crippen molar-refractivity contribution in [1.82, 2.24) is 5.01 Å². The number of hydrogen-bond donors (Lipinski definition) is 0. The molecule has 24 heavy (non-hydrogen) atoms. The van der Waals surface area contributed by atoms with Gasteiger partial charge < -0.3 is 0 Å². The maximum Gasteiger partial charge on any atom is 0.285 e. The van der Waals surface area contributed by atoms with Gasteiger partial charge in [-0.15, -0.1) is 4.40 Å². The van der Waals surface area contributed by atoms with Gasteiger partial charge in [-0.3, -0.25) is 10.1 Å². The zero-order valence-electron chi connectivity index (χ0n) is 12.5. The van der Waals surface area contributed by atoms with Gasteiger partial charge in [-0.05, 0) is 29.8 Å². The SMILES string of the molecule is CN(/N=C/c1ccc([N+](=O)[O-])cc1)C1=NS(=O)(=O)c2ccccc21. The summed E-state index contributed by atoms with van der Waals surface area (Å²) in [5.41, 5.74) is 1.11. The first-order chi connectivity index (χ1) is 11.4. The molecule has 2 aromatic carbocycles. The molecule has 0 spiro atoms. The van der Waals surface area contributed by atoms with Crippen LogP contribution in [0.1, 0.15) is 11.1 Å². The molecule has 2 aromatic rings. The largest absolute Gasteiger partial charge is 0.285 e. The van der Waals surface area contributed by atoms with Crippen LogP contribution in [0.3, 0.4) is 0 Å². The molecule has 0 bridgehead atoms. The molecule has 0 amide bonds. The highest BCUT2D eigenvalue weighted by Crippen LogP contribution is 2.26. The van der Waals surface area contributed by atoms with Crippen LogP contribution in [-0.2, 0) is 10.0 Å². The molecule has 0 saturated heterocycles. The van der Waals surface area contributed by atoms with E-state index >= 15 is 0 Å². The number of fused-ring (bicyclic) bond motifs is 1. The van der Waals surface area contributed by atoms with Crippen molar-refractivity contribution in [2.45, 2.75) is 4.90 Å². The summed E-state index contributed by atoms with van der Waals surface area (Å²) in [7, 11) is -2.12. The van der Waals surface area contributed by atoms with E-state index in [1.54, 1.807) is 37.4 Å². The molecule has 1 aliphatic rings. The Balaban J connectivity index is 1.85. The van der Waals surface area contributed by atoms with Crippen LogP contribution in [0.4, 0.5) is 5.69 Å². The number of non-ortho nitro benzene ring substituents is 1. The van der Waals surface area contributed by atoms with Gasteiger partial charge in [0.15, 0.2) is 5.84 Å². The summed E-state index contributed by atoms with van der Waals surface area (Å²) < 4.78 is 27.8. The van der Waals surface area contributed by atoms with E-state index in [0.29, 0.717) is 11.1 Å². The maximum absolute atomic E-state index is 12.0. The third-order valence-corrected chi connectivity index (χ3v) is 4.73. The standard InChI is InChI=1S/C15H12N4O4S/c1-18(16-10-11-6-8-12(9-7-11)19(20)21)15-13-4-2-3-5-14(13)24(22,23)17-15/h2-10H,1H3/b16-10+. The van der Waals surface area contributed by atoms with Crippen LogP contribution in [0.2, 0.25) is 0 Å². The van der Waals surface area contributed by atoms with E-state index in [1.165, 1.54) is 29.4 Å². The maximum atomic E-state index is 12.0. The molecule has 0 unspecified atom stereocenters. The predicted molar refractivity (Wildman–Crippen MR) is 88.6 cm³/mol. The number of benzene rings is 2. The fourth-order valence-corrected chi connectivity index (χ4v) is 3.44. The fourth-order valence-electron chi connectivity index (χ4n) is 2.21. The number of nitro benzene ring substituents is 1. The van der Waals surface area contributed by atoms with E-state index in [0.717, 1.165) is 0 Å². The van der Waals surface area contributed by atoms with E-state index in [9.17, 15) is 18.5 Å².